The van der Waals surface area contributed by atoms with E-state index >= 15 is 0 Å². The summed E-state index contributed by atoms with van der Waals surface area (Å²) in [6, 6.07) is 5.99. The van der Waals surface area contributed by atoms with Gasteiger partial charge in [-0.25, -0.2) is 4.79 Å². The maximum absolute atomic E-state index is 12.5. The van der Waals surface area contributed by atoms with Crippen molar-refractivity contribution in [2.24, 2.45) is 0 Å². The van der Waals surface area contributed by atoms with Crippen LogP contribution >= 0.6 is 11.6 Å². The van der Waals surface area contributed by atoms with Crippen molar-refractivity contribution in [2.75, 3.05) is 13.1 Å². The second-order valence-electron chi connectivity index (χ2n) is 9.03. The number of hydrogen-bond acceptors (Lipinski definition) is 4. The van der Waals surface area contributed by atoms with Gasteiger partial charge in [0, 0.05) is 30.6 Å². The molecule has 1 fully saturated rings. The number of nitrogens with zero attached hydrogens (tertiary/aromatic N) is 2. The number of ether oxygens (including phenoxy) is 2. The first-order valence-corrected chi connectivity index (χ1v) is 10.9. The number of hydrogen-bond donors (Lipinski definition) is 0. The van der Waals surface area contributed by atoms with Crippen LogP contribution in [0, 0.1) is 0 Å². The molecule has 2 aliphatic rings. The van der Waals surface area contributed by atoms with Crippen molar-refractivity contribution in [1.29, 1.82) is 0 Å². The summed E-state index contributed by atoms with van der Waals surface area (Å²) in [7, 11) is 0. The van der Waals surface area contributed by atoms with Crippen LogP contribution < -0.4 is 4.74 Å². The molecule has 1 aromatic carbocycles. The first-order chi connectivity index (χ1) is 13.8. The van der Waals surface area contributed by atoms with Crippen molar-refractivity contribution in [3.05, 3.63) is 34.5 Å². The summed E-state index contributed by atoms with van der Waals surface area (Å²) in [5.74, 6) is 0.861. The summed E-state index contributed by atoms with van der Waals surface area (Å²) in [6.45, 7) is 6.88. The van der Waals surface area contributed by atoms with Gasteiger partial charge in [-0.05, 0) is 76.6 Å². The van der Waals surface area contributed by atoms with E-state index in [4.69, 9.17) is 26.1 Å². The fourth-order valence-electron chi connectivity index (χ4n) is 4.12. The van der Waals surface area contributed by atoms with Crippen molar-refractivity contribution in [3.63, 3.8) is 0 Å². The molecule has 0 N–H and O–H groups in total. The highest BCUT2D eigenvalue weighted by Gasteiger charge is 2.26. The predicted molar refractivity (Wildman–Crippen MR) is 115 cm³/mol. The zero-order chi connectivity index (χ0) is 20.6. The summed E-state index contributed by atoms with van der Waals surface area (Å²) in [6.07, 6.45) is 6.11. The lowest BCUT2D eigenvalue weighted by Gasteiger charge is -2.26. The number of carbonyl (C=O) groups excluding carboxylic acids is 1. The minimum absolute atomic E-state index is 0.266. The third-order valence-corrected chi connectivity index (χ3v) is 5.89. The lowest BCUT2D eigenvalue weighted by molar-refractivity contribution is 0.0258. The molecule has 5 nitrogen and oxygen atoms in total. The highest BCUT2D eigenvalue weighted by Crippen LogP contribution is 2.35. The zero-order valence-electron chi connectivity index (χ0n) is 17.5. The van der Waals surface area contributed by atoms with Gasteiger partial charge in [0.1, 0.15) is 11.4 Å². The fourth-order valence-corrected chi connectivity index (χ4v) is 4.33. The van der Waals surface area contributed by atoms with Gasteiger partial charge in [-0.3, -0.25) is 4.98 Å². The normalized spacial score (nSPS) is 17.9. The largest absolute Gasteiger partial charge is 0.490 e. The van der Waals surface area contributed by atoms with Crippen LogP contribution in [0.3, 0.4) is 0 Å². The molecule has 2 aromatic rings. The van der Waals surface area contributed by atoms with Crippen LogP contribution in [-0.2, 0) is 17.6 Å². The monoisotopic (exact) mass is 416 g/mol. The Morgan fingerprint density at radius 3 is 2.62 bits per heavy atom. The van der Waals surface area contributed by atoms with Crippen LogP contribution in [0.5, 0.6) is 5.75 Å². The van der Waals surface area contributed by atoms with Gasteiger partial charge in [0.15, 0.2) is 0 Å². The third-order valence-electron chi connectivity index (χ3n) is 5.58. The minimum Gasteiger partial charge on any atom is -0.490 e. The molecule has 0 saturated heterocycles. The number of benzene rings is 1. The average molecular weight is 417 g/mol. The SMILES string of the molecule is CC(C)(C)OC(=O)N1CCc2cc3c(OC4CCCC4)ccc(Cl)c3nc2CC1. The van der Waals surface area contributed by atoms with Gasteiger partial charge in [0.25, 0.3) is 0 Å². The summed E-state index contributed by atoms with van der Waals surface area (Å²) >= 11 is 6.48. The molecule has 2 heterocycles. The quantitative estimate of drug-likeness (QED) is 0.644. The number of pyridine rings is 1. The van der Waals surface area contributed by atoms with Gasteiger partial charge in [-0.2, -0.15) is 0 Å². The Hall–Kier alpha value is -2.01. The molecular weight excluding hydrogens is 388 g/mol. The standard InChI is InChI=1S/C23H29ClN2O3/c1-23(2,3)29-22(27)26-12-10-15-14-17-20(28-16-6-4-5-7-16)9-8-18(24)21(17)25-19(15)11-13-26/h8-9,14,16H,4-7,10-13H2,1-3H3. The molecule has 1 aliphatic carbocycles. The molecular formula is C23H29ClN2O3. The Labute approximate surface area is 177 Å². The topological polar surface area (TPSA) is 51.7 Å². The number of carbonyl (C=O) groups is 1. The molecule has 29 heavy (non-hydrogen) atoms. The van der Waals surface area contributed by atoms with E-state index in [1.165, 1.54) is 12.8 Å². The van der Waals surface area contributed by atoms with Crippen molar-refractivity contribution in [1.82, 2.24) is 9.88 Å². The van der Waals surface area contributed by atoms with Gasteiger partial charge < -0.3 is 14.4 Å². The first-order valence-electron chi connectivity index (χ1n) is 10.6. The molecule has 0 atom stereocenters. The lowest BCUT2D eigenvalue weighted by Crippen LogP contribution is -2.38. The summed E-state index contributed by atoms with van der Waals surface area (Å²) in [5.41, 5.74) is 2.45. The molecule has 0 radical (unpaired) electrons. The summed E-state index contributed by atoms with van der Waals surface area (Å²) < 4.78 is 11.8. The Morgan fingerprint density at radius 1 is 1.17 bits per heavy atom. The van der Waals surface area contributed by atoms with E-state index in [-0.39, 0.29) is 12.2 Å². The zero-order valence-corrected chi connectivity index (χ0v) is 18.2. The summed E-state index contributed by atoms with van der Waals surface area (Å²) in [4.78, 5) is 19.2. The molecule has 0 spiro atoms. The molecule has 1 aromatic heterocycles. The maximum atomic E-state index is 12.5. The Bertz CT molecular complexity index is 916. The van der Waals surface area contributed by atoms with Crippen molar-refractivity contribution < 1.29 is 14.3 Å². The van der Waals surface area contributed by atoms with Gasteiger partial charge in [0.05, 0.1) is 16.6 Å². The molecule has 4 rings (SSSR count). The Morgan fingerprint density at radius 2 is 1.90 bits per heavy atom. The first kappa shape index (κ1) is 20.3. The number of fused-ring (bicyclic) bond motifs is 2. The highest BCUT2D eigenvalue weighted by molar-refractivity contribution is 6.35. The summed E-state index contributed by atoms with van der Waals surface area (Å²) in [5, 5.41) is 1.60. The van der Waals surface area contributed by atoms with Crippen LogP contribution in [0.4, 0.5) is 4.79 Å². The average Bonchev–Trinajstić information content (AvgIpc) is 3.06. The van der Waals surface area contributed by atoms with E-state index in [1.54, 1.807) is 4.90 Å². The molecule has 6 heteroatoms. The van der Waals surface area contributed by atoms with Crippen molar-refractivity contribution in [3.8, 4) is 5.75 Å². The van der Waals surface area contributed by atoms with E-state index in [0.29, 0.717) is 24.5 Å². The van der Waals surface area contributed by atoms with Gasteiger partial charge in [-0.15, -0.1) is 0 Å². The number of rotatable bonds is 2. The Kier molecular flexibility index (Phi) is 5.60. The minimum atomic E-state index is -0.497. The van der Waals surface area contributed by atoms with E-state index < -0.39 is 5.60 Å². The lowest BCUT2D eigenvalue weighted by atomic mass is 10.0. The van der Waals surface area contributed by atoms with Crippen LogP contribution in [0.15, 0.2) is 18.2 Å². The second-order valence-corrected chi connectivity index (χ2v) is 9.43. The fraction of sp³-hybridized carbons (Fsp3) is 0.565. The maximum Gasteiger partial charge on any atom is 0.410 e. The number of halogens is 1. The van der Waals surface area contributed by atoms with Crippen LogP contribution in [0.25, 0.3) is 10.9 Å². The predicted octanol–water partition coefficient (Wildman–Crippen LogP) is 5.55. The second kappa shape index (κ2) is 8.02. The number of amides is 1. The van der Waals surface area contributed by atoms with Crippen LogP contribution in [-0.4, -0.2) is 40.8 Å². The van der Waals surface area contributed by atoms with E-state index in [1.807, 2.05) is 32.9 Å². The van der Waals surface area contributed by atoms with Crippen LogP contribution in [0.2, 0.25) is 5.02 Å². The van der Waals surface area contributed by atoms with Gasteiger partial charge >= 0.3 is 6.09 Å². The molecule has 1 saturated carbocycles. The van der Waals surface area contributed by atoms with E-state index in [0.717, 1.165) is 47.2 Å². The van der Waals surface area contributed by atoms with E-state index in [9.17, 15) is 4.79 Å². The van der Waals surface area contributed by atoms with Crippen molar-refractivity contribution in [2.45, 2.75) is 71.0 Å². The molecule has 1 aliphatic heterocycles. The van der Waals surface area contributed by atoms with Gasteiger partial charge in [0.2, 0.25) is 0 Å². The number of aromatic nitrogens is 1. The third kappa shape index (κ3) is 4.61. The van der Waals surface area contributed by atoms with Crippen molar-refractivity contribution >= 4 is 28.6 Å². The Balaban J connectivity index is 1.61. The highest BCUT2D eigenvalue weighted by atomic mass is 35.5. The smallest absolute Gasteiger partial charge is 0.410 e. The van der Waals surface area contributed by atoms with E-state index in [2.05, 4.69) is 6.07 Å². The molecule has 156 valence electrons. The molecule has 0 unspecified atom stereocenters. The van der Waals surface area contributed by atoms with Crippen LogP contribution in [0.1, 0.15) is 57.7 Å². The molecule has 0 bridgehead atoms. The molecule has 1 amide bonds. The van der Waals surface area contributed by atoms with Gasteiger partial charge in [-0.1, -0.05) is 11.6 Å².